The normalized spacial score (nSPS) is 25.4. The molecule has 1 aliphatic rings. The maximum Gasteiger partial charge on any atom is 0.168 e. The molecule has 1 N–H and O–H groups in total. The number of piperidine rings is 1. The van der Waals surface area contributed by atoms with Crippen LogP contribution in [0.15, 0.2) is 18.2 Å². The zero-order valence-corrected chi connectivity index (χ0v) is 9.79. The zero-order valence-electron chi connectivity index (χ0n) is 9.79. The summed E-state index contributed by atoms with van der Waals surface area (Å²) in [6, 6.07) is 5.87. The van der Waals surface area contributed by atoms with Crippen molar-refractivity contribution in [3.8, 4) is 5.75 Å². The summed E-state index contributed by atoms with van der Waals surface area (Å²) in [6.07, 6.45) is 1.98. The highest BCUT2D eigenvalue weighted by molar-refractivity contribution is 5.33. The number of ether oxygens (including phenoxy) is 1. The van der Waals surface area contributed by atoms with Crippen LogP contribution in [0.2, 0.25) is 0 Å². The van der Waals surface area contributed by atoms with E-state index in [2.05, 4.69) is 12.2 Å². The number of nitrogens with one attached hydrogen (secondary N) is 1. The quantitative estimate of drug-likeness (QED) is 0.832. The van der Waals surface area contributed by atoms with Gasteiger partial charge >= 0.3 is 0 Å². The van der Waals surface area contributed by atoms with Crippen molar-refractivity contribution in [2.45, 2.75) is 31.7 Å². The monoisotopic (exact) mass is 223 g/mol. The first-order valence-electron chi connectivity index (χ1n) is 5.78. The van der Waals surface area contributed by atoms with E-state index in [0.29, 0.717) is 17.7 Å². The van der Waals surface area contributed by atoms with Gasteiger partial charge < -0.3 is 10.1 Å². The molecule has 88 valence electrons. The van der Waals surface area contributed by atoms with Gasteiger partial charge in [-0.1, -0.05) is 12.1 Å². The Morgan fingerprint density at radius 3 is 2.94 bits per heavy atom. The van der Waals surface area contributed by atoms with Crippen molar-refractivity contribution >= 4 is 0 Å². The minimum absolute atomic E-state index is 0.191. The Labute approximate surface area is 95.8 Å². The minimum atomic E-state index is -0.191. The highest BCUT2D eigenvalue weighted by atomic mass is 19.1. The minimum Gasteiger partial charge on any atom is -0.494 e. The lowest BCUT2D eigenvalue weighted by molar-refractivity contribution is 0.357. The van der Waals surface area contributed by atoms with E-state index in [1.165, 1.54) is 7.11 Å². The van der Waals surface area contributed by atoms with E-state index >= 15 is 0 Å². The van der Waals surface area contributed by atoms with E-state index in [-0.39, 0.29) is 5.82 Å². The molecule has 1 saturated heterocycles. The van der Waals surface area contributed by atoms with E-state index < -0.39 is 0 Å². The van der Waals surface area contributed by atoms with Crippen molar-refractivity contribution in [2.24, 2.45) is 0 Å². The van der Waals surface area contributed by atoms with Crippen molar-refractivity contribution < 1.29 is 9.13 Å². The molecule has 1 aliphatic heterocycles. The molecule has 0 aliphatic carbocycles. The van der Waals surface area contributed by atoms with Gasteiger partial charge in [-0.25, -0.2) is 4.39 Å². The predicted molar refractivity (Wildman–Crippen MR) is 62.4 cm³/mol. The second-order valence-electron chi connectivity index (χ2n) is 4.44. The first kappa shape index (κ1) is 11.4. The molecule has 2 atom stereocenters. The van der Waals surface area contributed by atoms with Crippen LogP contribution < -0.4 is 10.1 Å². The Balaban J connectivity index is 2.25. The SMILES string of the molecule is COc1cccc(C2CCNC(C)C2)c1F. The van der Waals surface area contributed by atoms with Gasteiger partial charge in [0.1, 0.15) is 0 Å². The van der Waals surface area contributed by atoms with Crippen LogP contribution in [0.5, 0.6) is 5.75 Å². The lowest BCUT2D eigenvalue weighted by Gasteiger charge is -2.28. The maximum atomic E-state index is 14.0. The van der Waals surface area contributed by atoms with Crippen molar-refractivity contribution in [1.82, 2.24) is 5.32 Å². The van der Waals surface area contributed by atoms with Crippen molar-refractivity contribution in [3.63, 3.8) is 0 Å². The number of rotatable bonds is 2. The molecule has 2 rings (SSSR count). The van der Waals surface area contributed by atoms with Crippen LogP contribution in [0.3, 0.4) is 0 Å². The van der Waals surface area contributed by atoms with E-state index in [0.717, 1.165) is 24.9 Å². The summed E-state index contributed by atoms with van der Waals surface area (Å²) >= 11 is 0. The highest BCUT2D eigenvalue weighted by Crippen LogP contribution is 2.32. The number of benzene rings is 1. The molecule has 16 heavy (non-hydrogen) atoms. The molecule has 2 nitrogen and oxygen atoms in total. The summed E-state index contributed by atoms with van der Waals surface area (Å²) in [6.45, 7) is 3.10. The lowest BCUT2D eigenvalue weighted by Crippen LogP contribution is -2.35. The summed E-state index contributed by atoms with van der Waals surface area (Å²) < 4.78 is 19.1. The number of hydrogen-bond donors (Lipinski definition) is 1. The number of halogens is 1. The summed E-state index contributed by atoms with van der Waals surface area (Å²) in [5.74, 6) is 0.471. The topological polar surface area (TPSA) is 21.3 Å². The van der Waals surface area contributed by atoms with Gasteiger partial charge in [0.05, 0.1) is 7.11 Å². The molecular weight excluding hydrogens is 205 g/mol. The predicted octanol–water partition coefficient (Wildman–Crippen LogP) is 2.69. The van der Waals surface area contributed by atoms with E-state index in [4.69, 9.17) is 4.74 Å². The van der Waals surface area contributed by atoms with E-state index in [9.17, 15) is 4.39 Å². The smallest absolute Gasteiger partial charge is 0.168 e. The molecule has 0 amide bonds. The number of hydrogen-bond acceptors (Lipinski definition) is 2. The summed E-state index contributed by atoms with van der Waals surface area (Å²) in [5, 5.41) is 3.38. The molecule has 2 unspecified atom stereocenters. The average Bonchev–Trinajstić information content (AvgIpc) is 2.29. The van der Waals surface area contributed by atoms with Gasteiger partial charge in [0.15, 0.2) is 11.6 Å². The third-order valence-electron chi connectivity index (χ3n) is 3.28. The van der Waals surface area contributed by atoms with Crippen molar-refractivity contribution in [1.29, 1.82) is 0 Å². The van der Waals surface area contributed by atoms with Gasteiger partial charge in [-0.2, -0.15) is 0 Å². The fourth-order valence-electron chi connectivity index (χ4n) is 2.42. The molecule has 1 aromatic carbocycles. The van der Waals surface area contributed by atoms with Crippen LogP contribution in [0.4, 0.5) is 4.39 Å². The Morgan fingerprint density at radius 1 is 1.44 bits per heavy atom. The lowest BCUT2D eigenvalue weighted by atomic mass is 9.86. The third-order valence-corrected chi connectivity index (χ3v) is 3.28. The zero-order chi connectivity index (χ0) is 11.5. The summed E-state index contributed by atoms with van der Waals surface area (Å²) in [5.41, 5.74) is 0.799. The van der Waals surface area contributed by atoms with Gasteiger partial charge in [0.2, 0.25) is 0 Å². The van der Waals surface area contributed by atoms with Crippen molar-refractivity contribution in [3.05, 3.63) is 29.6 Å². The summed E-state index contributed by atoms with van der Waals surface area (Å²) in [7, 11) is 1.51. The molecule has 3 heteroatoms. The van der Waals surface area contributed by atoms with Crippen LogP contribution in [-0.4, -0.2) is 19.7 Å². The van der Waals surface area contributed by atoms with Crippen LogP contribution in [-0.2, 0) is 0 Å². The molecule has 1 fully saturated rings. The Morgan fingerprint density at radius 2 is 2.25 bits per heavy atom. The van der Waals surface area contributed by atoms with Gasteiger partial charge in [0, 0.05) is 6.04 Å². The maximum absolute atomic E-state index is 14.0. The second-order valence-corrected chi connectivity index (χ2v) is 4.44. The molecule has 0 spiro atoms. The first-order valence-corrected chi connectivity index (χ1v) is 5.78. The molecule has 0 bridgehead atoms. The number of methoxy groups -OCH3 is 1. The van der Waals surface area contributed by atoms with Crippen LogP contribution in [0.25, 0.3) is 0 Å². The standard InChI is InChI=1S/C13H18FNO/c1-9-8-10(6-7-15-9)11-4-3-5-12(16-2)13(11)14/h3-5,9-10,15H,6-8H2,1-2H3. The molecule has 0 saturated carbocycles. The third kappa shape index (κ3) is 2.19. The first-order chi connectivity index (χ1) is 7.72. The Bertz CT molecular complexity index is 367. The largest absolute Gasteiger partial charge is 0.494 e. The van der Waals surface area contributed by atoms with Gasteiger partial charge in [-0.3, -0.25) is 0 Å². The van der Waals surface area contributed by atoms with Crippen LogP contribution in [0, 0.1) is 5.82 Å². The van der Waals surface area contributed by atoms with Gasteiger partial charge in [0.25, 0.3) is 0 Å². The molecule has 1 aromatic rings. The fraction of sp³-hybridized carbons (Fsp3) is 0.538. The van der Waals surface area contributed by atoms with E-state index in [1.54, 1.807) is 6.07 Å². The van der Waals surface area contributed by atoms with E-state index in [1.807, 2.05) is 12.1 Å². The molecule has 1 heterocycles. The van der Waals surface area contributed by atoms with Crippen LogP contribution >= 0.6 is 0 Å². The molecule has 0 aromatic heterocycles. The Kier molecular flexibility index (Phi) is 3.44. The Hall–Kier alpha value is -1.09. The highest BCUT2D eigenvalue weighted by Gasteiger charge is 2.23. The second kappa shape index (κ2) is 4.83. The van der Waals surface area contributed by atoms with Crippen LogP contribution in [0.1, 0.15) is 31.2 Å². The molecular formula is C13H18FNO. The summed E-state index contributed by atoms with van der Waals surface area (Å²) in [4.78, 5) is 0. The fourth-order valence-corrected chi connectivity index (χ4v) is 2.42. The molecule has 0 radical (unpaired) electrons. The van der Waals surface area contributed by atoms with Gasteiger partial charge in [-0.15, -0.1) is 0 Å². The van der Waals surface area contributed by atoms with Gasteiger partial charge in [-0.05, 0) is 43.9 Å². The van der Waals surface area contributed by atoms with Crippen molar-refractivity contribution in [2.75, 3.05) is 13.7 Å². The average molecular weight is 223 g/mol.